The van der Waals surface area contributed by atoms with E-state index in [0.717, 1.165) is 0 Å². The molecule has 0 unspecified atom stereocenters. The van der Waals surface area contributed by atoms with Crippen molar-refractivity contribution in [1.82, 2.24) is 0 Å². The quantitative estimate of drug-likeness (QED) is 0.321. The molecule has 0 aromatic rings. The van der Waals surface area contributed by atoms with Crippen LogP contribution in [0.3, 0.4) is 0 Å². The number of ether oxygens (including phenoxy) is 1. The minimum atomic E-state index is -0.211. The number of esters is 1. The molecule has 0 spiro atoms. The molecule has 0 saturated carbocycles. The second kappa shape index (κ2) is 7.94. The Hall–Kier alpha value is -1.06. The van der Waals surface area contributed by atoms with Gasteiger partial charge >= 0.3 is 5.97 Å². The molecule has 3 N–H and O–H groups in total. The molecule has 4 heteroatoms. The van der Waals surface area contributed by atoms with Crippen LogP contribution >= 0.6 is 0 Å². The van der Waals surface area contributed by atoms with Crippen LogP contribution in [-0.4, -0.2) is 18.4 Å². The lowest BCUT2D eigenvalue weighted by molar-refractivity contribution is -0.140. The SMILES string of the molecule is CC(=N)N.CCOC(C)=O. The van der Waals surface area contributed by atoms with Crippen LogP contribution in [0.4, 0.5) is 0 Å². The minimum absolute atomic E-state index is 0.167. The highest BCUT2D eigenvalue weighted by molar-refractivity contribution is 5.73. The van der Waals surface area contributed by atoms with E-state index in [1.807, 2.05) is 0 Å². The molecule has 0 aromatic carbocycles. The van der Waals surface area contributed by atoms with Gasteiger partial charge in [-0.1, -0.05) is 0 Å². The van der Waals surface area contributed by atoms with E-state index in [9.17, 15) is 4.79 Å². The van der Waals surface area contributed by atoms with Crippen molar-refractivity contribution in [2.24, 2.45) is 5.73 Å². The standard InChI is InChI=1S/C4H8O2.C2H6N2/c1-3-6-4(2)5;1-2(3)4/h3H2,1-2H3;1H3,(H3,3,4). The lowest BCUT2D eigenvalue weighted by Gasteiger charge is -1.89. The van der Waals surface area contributed by atoms with Gasteiger partial charge in [0.1, 0.15) is 0 Å². The normalized spacial score (nSPS) is 7.10. The molecule has 0 radical (unpaired) electrons. The van der Waals surface area contributed by atoms with E-state index in [-0.39, 0.29) is 11.8 Å². The van der Waals surface area contributed by atoms with Crippen molar-refractivity contribution in [1.29, 1.82) is 5.41 Å². The van der Waals surface area contributed by atoms with E-state index < -0.39 is 0 Å². The van der Waals surface area contributed by atoms with Crippen molar-refractivity contribution in [2.75, 3.05) is 6.61 Å². The number of amidine groups is 1. The van der Waals surface area contributed by atoms with Crippen molar-refractivity contribution < 1.29 is 9.53 Å². The Morgan fingerprint density at radius 1 is 1.60 bits per heavy atom. The lowest BCUT2D eigenvalue weighted by atomic mass is 10.8. The third kappa shape index (κ3) is 65.1. The lowest BCUT2D eigenvalue weighted by Crippen LogP contribution is -2.00. The fourth-order valence-electron chi connectivity index (χ4n) is 0.203. The zero-order valence-corrected chi connectivity index (χ0v) is 6.60. The van der Waals surface area contributed by atoms with Crippen LogP contribution in [0.25, 0.3) is 0 Å². The van der Waals surface area contributed by atoms with Gasteiger partial charge in [0.25, 0.3) is 0 Å². The highest BCUT2D eigenvalue weighted by atomic mass is 16.5. The first-order chi connectivity index (χ1) is 4.50. The van der Waals surface area contributed by atoms with Gasteiger partial charge in [-0.15, -0.1) is 0 Å². The molecule has 4 nitrogen and oxygen atoms in total. The Morgan fingerprint density at radius 3 is 1.90 bits per heavy atom. The highest BCUT2D eigenvalue weighted by Crippen LogP contribution is 1.69. The van der Waals surface area contributed by atoms with Crippen molar-refractivity contribution in [3.05, 3.63) is 0 Å². The fraction of sp³-hybridized carbons (Fsp3) is 0.667. The van der Waals surface area contributed by atoms with E-state index in [4.69, 9.17) is 11.1 Å². The van der Waals surface area contributed by atoms with E-state index in [2.05, 4.69) is 4.74 Å². The largest absolute Gasteiger partial charge is 0.466 e. The molecule has 0 atom stereocenters. The zero-order chi connectivity index (χ0) is 8.57. The molecular weight excluding hydrogens is 132 g/mol. The summed E-state index contributed by atoms with van der Waals surface area (Å²) in [6, 6.07) is 0. The number of nitrogens with two attached hydrogens (primary N) is 1. The Morgan fingerprint density at radius 2 is 1.90 bits per heavy atom. The summed E-state index contributed by atoms with van der Waals surface area (Å²) in [6.45, 7) is 5.18. The number of rotatable bonds is 1. The average Bonchev–Trinajstić information content (AvgIpc) is 1.62. The maximum absolute atomic E-state index is 9.82. The average molecular weight is 146 g/mol. The Balaban J connectivity index is 0. The molecular formula is C6H14N2O2. The van der Waals surface area contributed by atoms with Gasteiger partial charge in [-0.3, -0.25) is 10.2 Å². The molecule has 0 saturated heterocycles. The zero-order valence-electron chi connectivity index (χ0n) is 6.60. The van der Waals surface area contributed by atoms with Gasteiger partial charge in [0.2, 0.25) is 0 Å². The maximum Gasteiger partial charge on any atom is 0.302 e. The summed E-state index contributed by atoms with van der Waals surface area (Å²) in [4.78, 5) is 9.82. The molecule has 0 aliphatic heterocycles. The first-order valence-corrected chi connectivity index (χ1v) is 2.94. The molecule has 0 rings (SSSR count). The number of hydrogen-bond donors (Lipinski definition) is 2. The second-order valence-corrected chi connectivity index (χ2v) is 1.61. The summed E-state index contributed by atoms with van der Waals surface area (Å²) < 4.78 is 4.40. The molecule has 0 aromatic heterocycles. The van der Waals surface area contributed by atoms with Crippen LogP contribution in [0, 0.1) is 5.41 Å². The molecule has 0 heterocycles. The summed E-state index contributed by atoms with van der Waals surface area (Å²) in [5, 5.41) is 6.28. The predicted octanol–water partition coefficient (Wildman–Crippen LogP) is 0.512. The second-order valence-electron chi connectivity index (χ2n) is 1.61. The third-order valence-corrected chi connectivity index (χ3v) is 0.348. The van der Waals surface area contributed by atoms with Crippen molar-refractivity contribution in [3.63, 3.8) is 0 Å². The number of hydrogen-bond acceptors (Lipinski definition) is 3. The summed E-state index contributed by atoms with van der Waals surface area (Å²) in [7, 11) is 0. The van der Waals surface area contributed by atoms with E-state index in [1.165, 1.54) is 13.8 Å². The Bertz CT molecular complexity index is 108. The van der Waals surface area contributed by atoms with Gasteiger partial charge in [0.15, 0.2) is 0 Å². The van der Waals surface area contributed by atoms with Crippen molar-refractivity contribution in [3.8, 4) is 0 Å². The van der Waals surface area contributed by atoms with E-state index >= 15 is 0 Å². The molecule has 10 heavy (non-hydrogen) atoms. The molecule has 0 fully saturated rings. The number of carbonyl (C=O) groups is 1. The van der Waals surface area contributed by atoms with E-state index in [0.29, 0.717) is 6.61 Å². The summed E-state index contributed by atoms with van der Waals surface area (Å²) in [6.07, 6.45) is 0. The maximum atomic E-state index is 9.82. The Kier molecular flexibility index (Phi) is 9.29. The first kappa shape index (κ1) is 11.7. The summed E-state index contributed by atoms with van der Waals surface area (Å²) in [5.41, 5.74) is 4.69. The molecule has 60 valence electrons. The number of carbonyl (C=O) groups excluding carboxylic acids is 1. The third-order valence-electron chi connectivity index (χ3n) is 0.348. The van der Waals surface area contributed by atoms with Crippen LogP contribution in [0.1, 0.15) is 20.8 Å². The van der Waals surface area contributed by atoms with Gasteiger partial charge in [0, 0.05) is 6.92 Å². The van der Waals surface area contributed by atoms with Crippen LogP contribution < -0.4 is 5.73 Å². The highest BCUT2D eigenvalue weighted by Gasteiger charge is 1.81. The molecule has 0 aliphatic rings. The molecule has 0 amide bonds. The monoisotopic (exact) mass is 146 g/mol. The number of nitrogens with one attached hydrogen (secondary N) is 1. The molecule has 0 bridgehead atoms. The van der Waals surface area contributed by atoms with Gasteiger partial charge in [-0.2, -0.15) is 0 Å². The minimum Gasteiger partial charge on any atom is -0.466 e. The summed E-state index contributed by atoms with van der Waals surface area (Å²) >= 11 is 0. The Labute approximate surface area is 60.9 Å². The van der Waals surface area contributed by atoms with Crippen LogP contribution in [0.2, 0.25) is 0 Å². The topological polar surface area (TPSA) is 76.2 Å². The molecule has 0 aliphatic carbocycles. The van der Waals surface area contributed by atoms with Gasteiger partial charge in [-0.05, 0) is 13.8 Å². The van der Waals surface area contributed by atoms with Crippen molar-refractivity contribution in [2.45, 2.75) is 20.8 Å². The van der Waals surface area contributed by atoms with Crippen LogP contribution in [0.15, 0.2) is 0 Å². The van der Waals surface area contributed by atoms with Crippen LogP contribution in [0.5, 0.6) is 0 Å². The van der Waals surface area contributed by atoms with Gasteiger partial charge in [-0.25, -0.2) is 0 Å². The van der Waals surface area contributed by atoms with Crippen LogP contribution in [-0.2, 0) is 9.53 Å². The van der Waals surface area contributed by atoms with Crippen molar-refractivity contribution >= 4 is 11.8 Å². The fourth-order valence-corrected chi connectivity index (χ4v) is 0.203. The predicted molar refractivity (Wildman–Crippen MR) is 39.9 cm³/mol. The van der Waals surface area contributed by atoms with Gasteiger partial charge in [0.05, 0.1) is 12.4 Å². The van der Waals surface area contributed by atoms with Gasteiger partial charge < -0.3 is 10.5 Å². The smallest absolute Gasteiger partial charge is 0.302 e. The first-order valence-electron chi connectivity index (χ1n) is 2.94. The van der Waals surface area contributed by atoms with E-state index in [1.54, 1.807) is 6.92 Å². The summed E-state index contributed by atoms with van der Waals surface area (Å²) in [5.74, 6) is -0.0440.